The average Bonchev–Trinajstić information content (AvgIpc) is 2.41. The van der Waals surface area contributed by atoms with Crippen LogP contribution in [0.1, 0.15) is 27.2 Å². The Morgan fingerprint density at radius 2 is 1.86 bits per heavy atom. The lowest BCUT2D eigenvalue weighted by molar-refractivity contribution is -0.122. The monoisotopic (exact) mass is 334 g/mol. The molecule has 1 rings (SSSR count). The molecule has 0 aliphatic heterocycles. The van der Waals surface area contributed by atoms with Crippen molar-refractivity contribution in [2.75, 3.05) is 10.6 Å². The number of anilines is 1. The molecule has 8 heteroatoms. The third kappa shape index (κ3) is 4.40. The summed E-state index contributed by atoms with van der Waals surface area (Å²) < 4.78 is 51.1. The molecule has 1 aromatic rings. The lowest BCUT2D eigenvalue weighted by Gasteiger charge is -2.29. The van der Waals surface area contributed by atoms with Crippen LogP contribution in [0, 0.1) is 11.6 Å². The molecule has 0 aliphatic rings. The second kappa shape index (κ2) is 7.04. The number of hydrogen-bond donors (Lipinski definition) is 1. The Morgan fingerprint density at radius 3 is 2.32 bits per heavy atom. The normalized spacial score (nSPS) is 14.3. The lowest BCUT2D eigenvalue weighted by atomic mass is 10.2. The van der Waals surface area contributed by atoms with Crippen LogP contribution in [0.3, 0.4) is 0 Å². The number of carbonyl (C=O) groups is 1. The Kier molecular flexibility index (Phi) is 5.87. The summed E-state index contributed by atoms with van der Waals surface area (Å²) in [6.07, 6.45) is 1.59. The van der Waals surface area contributed by atoms with Gasteiger partial charge in [0, 0.05) is 12.1 Å². The number of benzene rings is 1. The summed E-state index contributed by atoms with van der Waals surface area (Å²) >= 11 is 0. The predicted molar refractivity (Wildman–Crippen MR) is 81.0 cm³/mol. The van der Waals surface area contributed by atoms with Gasteiger partial charge in [0.15, 0.2) is 11.6 Å². The molecule has 0 bridgehead atoms. The van der Waals surface area contributed by atoms with E-state index in [4.69, 9.17) is 0 Å². The molecule has 1 N–H and O–H groups in total. The largest absolute Gasteiger partial charge is 0.352 e. The smallest absolute Gasteiger partial charge is 0.243 e. The van der Waals surface area contributed by atoms with Crippen molar-refractivity contribution in [2.45, 2.75) is 39.3 Å². The fraction of sp³-hybridized carbons (Fsp3) is 0.500. The van der Waals surface area contributed by atoms with Crippen LogP contribution in [-0.2, 0) is 14.8 Å². The van der Waals surface area contributed by atoms with Crippen molar-refractivity contribution in [1.82, 2.24) is 5.32 Å². The molecule has 22 heavy (non-hydrogen) atoms. The number of halogens is 2. The van der Waals surface area contributed by atoms with E-state index in [0.717, 1.165) is 28.8 Å². The van der Waals surface area contributed by atoms with E-state index < -0.39 is 33.6 Å². The van der Waals surface area contributed by atoms with Crippen molar-refractivity contribution in [3.63, 3.8) is 0 Å². The second-order valence-corrected chi connectivity index (χ2v) is 7.01. The number of nitrogens with zero attached hydrogens (tertiary/aromatic N) is 1. The summed E-state index contributed by atoms with van der Waals surface area (Å²) in [5.41, 5.74) is -0.104. The number of rotatable bonds is 6. The zero-order valence-electron chi connectivity index (χ0n) is 12.9. The van der Waals surface area contributed by atoms with E-state index in [1.165, 1.54) is 6.92 Å². The van der Waals surface area contributed by atoms with Gasteiger partial charge in [0.25, 0.3) is 0 Å². The Labute approximate surface area is 129 Å². The molecule has 2 atom stereocenters. The molecule has 0 heterocycles. The van der Waals surface area contributed by atoms with Crippen molar-refractivity contribution in [3.05, 3.63) is 29.8 Å². The maximum Gasteiger partial charge on any atom is 0.243 e. The van der Waals surface area contributed by atoms with Gasteiger partial charge >= 0.3 is 0 Å². The standard InChI is InChI=1S/C14H20F2N2O3S/c1-5-9(2)17-14(19)10(3)18(22(4,20)21)11-6-7-12(15)13(16)8-11/h6-10H,5H2,1-4H3,(H,17,19). The Hall–Kier alpha value is -1.70. The first kappa shape index (κ1) is 18.3. The van der Waals surface area contributed by atoms with Crippen LogP contribution >= 0.6 is 0 Å². The lowest BCUT2D eigenvalue weighted by Crippen LogP contribution is -2.49. The molecule has 5 nitrogen and oxygen atoms in total. The molecule has 124 valence electrons. The molecular formula is C14H20F2N2O3S. The highest BCUT2D eigenvalue weighted by molar-refractivity contribution is 7.92. The number of carbonyl (C=O) groups excluding carboxylic acids is 1. The third-order valence-corrected chi connectivity index (χ3v) is 4.49. The Balaban J connectivity index is 3.19. The first-order valence-corrected chi connectivity index (χ1v) is 8.67. The molecule has 0 spiro atoms. The van der Waals surface area contributed by atoms with Crippen molar-refractivity contribution in [2.24, 2.45) is 0 Å². The molecule has 2 unspecified atom stereocenters. The van der Waals surface area contributed by atoms with Crippen LogP contribution in [0.5, 0.6) is 0 Å². The molecule has 0 aliphatic carbocycles. The third-order valence-electron chi connectivity index (χ3n) is 3.25. The van der Waals surface area contributed by atoms with E-state index in [1.807, 2.05) is 6.92 Å². The molecule has 0 saturated heterocycles. The second-order valence-electron chi connectivity index (χ2n) is 5.15. The average molecular weight is 334 g/mol. The SMILES string of the molecule is CCC(C)NC(=O)C(C)N(c1ccc(F)c(F)c1)S(C)(=O)=O. The fourth-order valence-electron chi connectivity index (χ4n) is 1.90. The number of nitrogens with one attached hydrogen (secondary N) is 1. The van der Waals surface area contributed by atoms with Gasteiger partial charge in [-0.2, -0.15) is 0 Å². The predicted octanol–water partition coefficient (Wildman–Crippen LogP) is 2.03. The minimum atomic E-state index is -3.85. The van der Waals surface area contributed by atoms with Gasteiger partial charge in [-0.15, -0.1) is 0 Å². The van der Waals surface area contributed by atoms with Crippen LogP contribution in [0.4, 0.5) is 14.5 Å². The van der Waals surface area contributed by atoms with Crippen LogP contribution in [0.15, 0.2) is 18.2 Å². The van der Waals surface area contributed by atoms with Gasteiger partial charge in [-0.25, -0.2) is 17.2 Å². The first-order chi connectivity index (χ1) is 10.1. The van der Waals surface area contributed by atoms with Crippen LogP contribution < -0.4 is 9.62 Å². The Morgan fingerprint density at radius 1 is 1.27 bits per heavy atom. The van der Waals surface area contributed by atoms with Gasteiger partial charge < -0.3 is 5.32 Å². The van der Waals surface area contributed by atoms with Gasteiger partial charge in [-0.1, -0.05) is 6.92 Å². The highest BCUT2D eigenvalue weighted by Crippen LogP contribution is 2.23. The van der Waals surface area contributed by atoms with Crippen LogP contribution in [0.2, 0.25) is 0 Å². The van der Waals surface area contributed by atoms with Gasteiger partial charge in [-0.3, -0.25) is 9.10 Å². The highest BCUT2D eigenvalue weighted by Gasteiger charge is 2.30. The number of hydrogen-bond acceptors (Lipinski definition) is 3. The molecule has 1 amide bonds. The van der Waals surface area contributed by atoms with E-state index >= 15 is 0 Å². The molecule has 0 saturated carbocycles. The van der Waals surface area contributed by atoms with Crippen LogP contribution in [0.25, 0.3) is 0 Å². The minimum Gasteiger partial charge on any atom is -0.352 e. The topological polar surface area (TPSA) is 66.5 Å². The van der Waals surface area contributed by atoms with Gasteiger partial charge in [0.05, 0.1) is 11.9 Å². The summed E-state index contributed by atoms with van der Waals surface area (Å²) in [6, 6.07) is 1.48. The Bertz CT molecular complexity index is 649. The molecule has 1 aromatic carbocycles. The fourth-order valence-corrected chi connectivity index (χ4v) is 3.06. The molecule has 0 radical (unpaired) electrons. The van der Waals surface area contributed by atoms with Crippen LogP contribution in [-0.4, -0.2) is 32.7 Å². The first-order valence-electron chi connectivity index (χ1n) is 6.82. The van der Waals surface area contributed by atoms with E-state index in [1.54, 1.807) is 6.92 Å². The number of sulfonamides is 1. The summed E-state index contributed by atoms with van der Waals surface area (Å²) in [6.45, 7) is 5.05. The summed E-state index contributed by atoms with van der Waals surface area (Å²) in [4.78, 5) is 12.1. The number of amides is 1. The van der Waals surface area contributed by atoms with Crippen molar-refractivity contribution in [3.8, 4) is 0 Å². The summed E-state index contributed by atoms with van der Waals surface area (Å²) in [7, 11) is -3.85. The van der Waals surface area contributed by atoms with Gasteiger partial charge in [0.1, 0.15) is 6.04 Å². The van der Waals surface area contributed by atoms with E-state index in [9.17, 15) is 22.0 Å². The van der Waals surface area contributed by atoms with Gasteiger partial charge in [-0.05, 0) is 32.4 Å². The maximum absolute atomic E-state index is 13.4. The molecule has 0 aromatic heterocycles. The van der Waals surface area contributed by atoms with E-state index in [0.29, 0.717) is 6.42 Å². The van der Waals surface area contributed by atoms with Crippen molar-refractivity contribution >= 4 is 21.6 Å². The van der Waals surface area contributed by atoms with Gasteiger partial charge in [0.2, 0.25) is 15.9 Å². The minimum absolute atomic E-state index is 0.104. The highest BCUT2D eigenvalue weighted by atomic mass is 32.2. The zero-order valence-corrected chi connectivity index (χ0v) is 13.7. The van der Waals surface area contributed by atoms with E-state index in [-0.39, 0.29) is 11.7 Å². The van der Waals surface area contributed by atoms with Crippen molar-refractivity contribution in [1.29, 1.82) is 0 Å². The summed E-state index contributed by atoms with van der Waals surface area (Å²) in [5.74, 6) is -2.78. The maximum atomic E-state index is 13.4. The zero-order chi connectivity index (χ0) is 17.1. The summed E-state index contributed by atoms with van der Waals surface area (Å²) in [5, 5.41) is 2.66. The molecule has 0 fully saturated rings. The molecular weight excluding hydrogens is 314 g/mol. The quantitative estimate of drug-likeness (QED) is 0.866. The van der Waals surface area contributed by atoms with E-state index in [2.05, 4.69) is 5.32 Å². The van der Waals surface area contributed by atoms with Crippen molar-refractivity contribution < 1.29 is 22.0 Å².